The van der Waals surface area contributed by atoms with Crippen LogP contribution < -0.4 is 9.47 Å². The highest BCUT2D eigenvalue weighted by Gasteiger charge is 2.15. The highest BCUT2D eigenvalue weighted by Crippen LogP contribution is 2.30. The fourth-order valence-corrected chi connectivity index (χ4v) is 5.12. The molecule has 1 aromatic heterocycles. The molecule has 35 heavy (non-hydrogen) atoms. The Labute approximate surface area is 218 Å². The fraction of sp³-hybridized carbons (Fsp3) is 0.667. The van der Waals surface area contributed by atoms with E-state index in [0.717, 1.165) is 30.7 Å². The molecular formula is C30H45ClN2O2. The molecule has 0 spiro atoms. The summed E-state index contributed by atoms with van der Waals surface area (Å²) in [5, 5.41) is 0.134. The van der Waals surface area contributed by atoms with E-state index in [1.807, 2.05) is 30.3 Å². The summed E-state index contributed by atoms with van der Waals surface area (Å²) in [7, 11) is 0. The van der Waals surface area contributed by atoms with Gasteiger partial charge < -0.3 is 9.47 Å². The Morgan fingerprint density at radius 1 is 0.886 bits per heavy atom. The molecule has 0 amide bonds. The van der Waals surface area contributed by atoms with Gasteiger partial charge in [0.15, 0.2) is 11.6 Å². The lowest BCUT2D eigenvalue weighted by molar-refractivity contribution is 0.249. The van der Waals surface area contributed by atoms with E-state index in [2.05, 4.69) is 11.9 Å². The smallest absolute Gasteiger partial charge is 0.260 e. The zero-order valence-corrected chi connectivity index (χ0v) is 22.5. The van der Waals surface area contributed by atoms with Gasteiger partial charge in [-0.1, -0.05) is 114 Å². The van der Waals surface area contributed by atoms with Crippen molar-refractivity contribution >= 4 is 11.6 Å². The molecule has 1 heterocycles. The summed E-state index contributed by atoms with van der Waals surface area (Å²) in [6.45, 7) is 3.41. The van der Waals surface area contributed by atoms with Gasteiger partial charge >= 0.3 is 0 Å². The molecule has 0 saturated heterocycles. The van der Waals surface area contributed by atoms with Gasteiger partial charge in [0.1, 0.15) is 0 Å². The molecule has 1 saturated carbocycles. The summed E-state index contributed by atoms with van der Waals surface area (Å²) in [6, 6.07) is 9.99. The first-order valence-electron chi connectivity index (χ1n) is 14.1. The van der Waals surface area contributed by atoms with Gasteiger partial charge in [0, 0.05) is 10.9 Å². The van der Waals surface area contributed by atoms with E-state index in [-0.39, 0.29) is 5.38 Å². The average molecular weight is 501 g/mol. The van der Waals surface area contributed by atoms with Crippen LogP contribution in [0.15, 0.2) is 36.5 Å². The zero-order valence-electron chi connectivity index (χ0n) is 21.7. The van der Waals surface area contributed by atoms with E-state index in [1.165, 1.54) is 77.0 Å². The highest BCUT2D eigenvalue weighted by molar-refractivity contribution is 6.20. The number of unbranched alkanes of at least 4 members (excludes halogenated alkanes) is 6. The monoisotopic (exact) mass is 500 g/mol. The molecule has 0 radical (unpaired) electrons. The Balaban J connectivity index is 1.43. The van der Waals surface area contributed by atoms with Gasteiger partial charge in [-0.15, -0.1) is 11.6 Å². The van der Waals surface area contributed by atoms with Gasteiger partial charge in [-0.3, -0.25) is 0 Å². The minimum atomic E-state index is 0.134. The number of ether oxygens (including phenoxy) is 2. The lowest BCUT2D eigenvalue weighted by Gasteiger charge is -2.14. The van der Waals surface area contributed by atoms with Crippen LogP contribution in [0.5, 0.6) is 11.6 Å². The molecule has 2 aromatic rings. The van der Waals surface area contributed by atoms with Gasteiger partial charge in [0.25, 0.3) is 5.88 Å². The van der Waals surface area contributed by atoms with E-state index in [0.29, 0.717) is 30.7 Å². The molecule has 0 N–H and O–H groups in total. The maximum Gasteiger partial charge on any atom is 0.260 e. The van der Waals surface area contributed by atoms with Crippen LogP contribution in [0, 0.1) is 5.92 Å². The molecule has 1 fully saturated rings. The van der Waals surface area contributed by atoms with Crippen molar-refractivity contribution in [1.82, 2.24) is 9.97 Å². The first kappa shape index (κ1) is 27.8. The molecule has 1 aromatic carbocycles. The van der Waals surface area contributed by atoms with E-state index in [4.69, 9.17) is 26.1 Å². The first-order valence-corrected chi connectivity index (χ1v) is 14.5. The maximum atomic E-state index is 6.50. The quantitative estimate of drug-likeness (QED) is 0.151. The number of hydrogen-bond acceptors (Lipinski definition) is 4. The molecule has 1 unspecified atom stereocenters. The largest absolute Gasteiger partial charge is 0.487 e. The number of nitrogens with zero attached hydrogens (tertiary/aromatic N) is 2. The molecule has 0 aliphatic heterocycles. The SMILES string of the molecule is CCCCCC(Cl)CCOc1nc(-c2ccccc2)ncc1OCCCCCCCC1CCCC1. The summed E-state index contributed by atoms with van der Waals surface area (Å²) >= 11 is 6.50. The third-order valence-corrected chi connectivity index (χ3v) is 7.47. The Bertz CT molecular complexity index is 811. The average Bonchev–Trinajstić information content (AvgIpc) is 3.40. The van der Waals surface area contributed by atoms with E-state index in [1.54, 1.807) is 6.20 Å². The first-order chi connectivity index (χ1) is 17.3. The number of hydrogen-bond donors (Lipinski definition) is 0. The number of rotatable bonds is 18. The molecule has 3 rings (SSSR count). The summed E-state index contributed by atoms with van der Waals surface area (Å²) in [5.74, 6) is 2.82. The summed E-state index contributed by atoms with van der Waals surface area (Å²) in [6.07, 6.45) is 20.7. The Morgan fingerprint density at radius 2 is 1.66 bits per heavy atom. The second-order valence-electron chi connectivity index (χ2n) is 10.0. The maximum absolute atomic E-state index is 6.50. The summed E-state index contributed by atoms with van der Waals surface area (Å²) in [5.41, 5.74) is 0.969. The third kappa shape index (κ3) is 10.8. The van der Waals surface area contributed by atoms with Crippen molar-refractivity contribution in [1.29, 1.82) is 0 Å². The van der Waals surface area contributed by atoms with Crippen LogP contribution in [0.1, 0.15) is 103 Å². The lowest BCUT2D eigenvalue weighted by atomic mass is 9.99. The molecule has 194 valence electrons. The third-order valence-electron chi connectivity index (χ3n) is 7.03. The number of aromatic nitrogens is 2. The molecule has 1 atom stereocenters. The predicted molar refractivity (Wildman–Crippen MR) is 147 cm³/mol. The number of alkyl halides is 1. The van der Waals surface area contributed by atoms with Gasteiger partial charge in [0.05, 0.1) is 19.4 Å². The normalized spacial score (nSPS) is 14.8. The fourth-order valence-electron chi connectivity index (χ4n) is 4.87. The van der Waals surface area contributed by atoms with Crippen molar-refractivity contribution in [3.8, 4) is 23.0 Å². The van der Waals surface area contributed by atoms with Crippen molar-refractivity contribution in [2.45, 2.75) is 109 Å². The highest BCUT2D eigenvalue weighted by atomic mass is 35.5. The van der Waals surface area contributed by atoms with Crippen LogP contribution in [0.4, 0.5) is 0 Å². The van der Waals surface area contributed by atoms with Crippen molar-refractivity contribution in [3.63, 3.8) is 0 Å². The Kier molecular flexibility index (Phi) is 13.3. The summed E-state index contributed by atoms with van der Waals surface area (Å²) in [4.78, 5) is 9.23. The molecule has 5 heteroatoms. The predicted octanol–water partition coefficient (Wildman–Crippen LogP) is 9.01. The van der Waals surface area contributed by atoms with Crippen LogP contribution in [0.3, 0.4) is 0 Å². The summed E-state index contributed by atoms with van der Waals surface area (Å²) < 4.78 is 12.1. The zero-order chi connectivity index (χ0) is 24.6. The van der Waals surface area contributed by atoms with Gasteiger partial charge in [-0.2, -0.15) is 4.98 Å². The Morgan fingerprint density at radius 3 is 2.46 bits per heavy atom. The van der Waals surface area contributed by atoms with E-state index >= 15 is 0 Å². The second kappa shape index (κ2) is 16.8. The Hall–Kier alpha value is -1.81. The van der Waals surface area contributed by atoms with E-state index < -0.39 is 0 Å². The van der Waals surface area contributed by atoms with Crippen molar-refractivity contribution in [3.05, 3.63) is 36.5 Å². The molecule has 4 nitrogen and oxygen atoms in total. The number of halogens is 1. The minimum Gasteiger partial charge on any atom is -0.487 e. The second-order valence-corrected chi connectivity index (χ2v) is 10.6. The minimum absolute atomic E-state index is 0.134. The van der Waals surface area contributed by atoms with Gasteiger partial charge in [-0.05, 0) is 25.2 Å². The van der Waals surface area contributed by atoms with E-state index in [9.17, 15) is 0 Å². The van der Waals surface area contributed by atoms with Crippen LogP contribution in [-0.4, -0.2) is 28.6 Å². The van der Waals surface area contributed by atoms with Crippen LogP contribution in [0.2, 0.25) is 0 Å². The van der Waals surface area contributed by atoms with Crippen LogP contribution in [-0.2, 0) is 0 Å². The topological polar surface area (TPSA) is 44.2 Å². The standard InChI is InChI=1S/C30H45ClN2O2/c1-2-3-8-20-27(31)21-23-35-30-28(24-32-29(33-30)26-18-10-7-11-19-26)34-22-14-6-4-5-9-15-25-16-12-13-17-25/h7,10-11,18-19,24-25,27H,2-6,8-9,12-17,20-23H2,1H3. The lowest BCUT2D eigenvalue weighted by Crippen LogP contribution is -2.09. The molecule has 1 aliphatic rings. The van der Waals surface area contributed by atoms with Crippen LogP contribution in [0.25, 0.3) is 11.4 Å². The molecule has 1 aliphatic carbocycles. The van der Waals surface area contributed by atoms with Gasteiger partial charge in [0.2, 0.25) is 0 Å². The molecular weight excluding hydrogens is 456 g/mol. The molecule has 0 bridgehead atoms. The van der Waals surface area contributed by atoms with Gasteiger partial charge in [-0.25, -0.2) is 4.98 Å². The number of benzene rings is 1. The van der Waals surface area contributed by atoms with Crippen molar-refractivity contribution in [2.75, 3.05) is 13.2 Å². The van der Waals surface area contributed by atoms with Crippen molar-refractivity contribution in [2.24, 2.45) is 5.92 Å². The van der Waals surface area contributed by atoms with Crippen LogP contribution >= 0.6 is 11.6 Å². The van der Waals surface area contributed by atoms with Crippen molar-refractivity contribution < 1.29 is 9.47 Å².